The van der Waals surface area contributed by atoms with Gasteiger partial charge in [0.15, 0.2) is 5.78 Å². The molecule has 0 aliphatic rings. The molecule has 0 saturated heterocycles. The molecule has 0 aliphatic carbocycles. The Morgan fingerprint density at radius 3 is 2.45 bits per heavy atom. The van der Waals surface area contributed by atoms with E-state index in [2.05, 4.69) is 15.9 Å². The number of ketones is 1. The summed E-state index contributed by atoms with van der Waals surface area (Å²) in [5.41, 5.74) is 1.03. The molecule has 0 N–H and O–H groups in total. The van der Waals surface area contributed by atoms with Crippen molar-refractivity contribution < 1.29 is 14.3 Å². The van der Waals surface area contributed by atoms with Crippen LogP contribution in [0.15, 0.2) is 63.9 Å². The van der Waals surface area contributed by atoms with Crippen LogP contribution in [-0.2, 0) is 16.1 Å². The third-order valence-corrected chi connectivity index (χ3v) is 5.62. The molecule has 0 fully saturated rings. The zero-order valence-corrected chi connectivity index (χ0v) is 18.0. The van der Waals surface area contributed by atoms with Crippen LogP contribution in [0.1, 0.15) is 22.8 Å². The third kappa shape index (κ3) is 5.40. The summed E-state index contributed by atoms with van der Waals surface area (Å²) in [6.45, 7) is 1.78. The van der Waals surface area contributed by atoms with Gasteiger partial charge in [-0.15, -0.1) is 11.3 Å². The van der Waals surface area contributed by atoms with Crippen LogP contribution in [0.25, 0.3) is 12.2 Å². The first-order chi connectivity index (χ1) is 14.0. The molecule has 0 saturated carbocycles. The minimum Gasteiger partial charge on any atom is -0.463 e. The van der Waals surface area contributed by atoms with Gasteiger partial charge in [-0.3, -0.25) is 14.2 Å². The summed E-state index contributed by atoms with van der Waals surface area (Å²) >= 11 is 4.53. The lowest BCUT2D eigenvalue weighted by molar-refractivity contribution is -0.135. The lowest BCUT2D eigenvalue weighted by atomic mass is 10.1. The molecule has 3 aromatic rings. The van der Waals surface area contributed by atoms with E-state index in [4.69, 9.17) is 4.74 Å². The average molecular weight is 472 g/mol. The van der Waals surface area contributed by atoms with E-state index in [-0.39, 0.29) is 24.5 Å². The van der Waals surface area contributed by atoms with E-state index in [0.717, 1.165) is 21.4 Å². The second kappa shape index (κ2) is 9.62. The van der Waals surface area contributed by atoms with E-state index in [1.807, 2.05) is 30.3 Å². The number of esters is 1. The zero-order chi connectivity index (χ0) is 20.8. The molecule has 2 aromatic carbocycles. The number of benzene rings is 2. The monoisotopic (exact) mass is 471 g/mol. The highest BCUT2D eigenvalue weighted by Crippen LogP contribution is 2.10. The second-order valence-electron chi connectivity index (χ2n) is 6.08. The number of hydrogen-bond donors (Lipinski definition) is 0. The van der Waals surface area contributed by atoms with Gasteiger partial charge < -0.3 is 4.74 Å². The van der Waals surface area contributed by atoms with Crippen LogP contribution in [0.5, 0.6) is 0 Å². The molecule has 7 heteroatoms. The number of nitrogens with zero attached hydrogens (tertiary/aromatic N) is 1. The quantitative estimate of drug-likeness (QED) is 0.409. The van der Waals surface area contributed by atoms with Crippen LogP contribution in [0, 0.1) is 0 Å². The first kappa shape index (κ1) is 21.0. The number of Topliss-reactive ketones (excluding diaryl/α,β-unsaturated/α-hetero) is 1. The first-order valence-corrected chi connectivity index (χ1v) is 10.5. The fraction of sp³-hybridized carbons (Fsp3) is 0.136. The van der Waals surface area contributed by atoms with Gasteiger partial charge in [0.25, 0.3) is 5.56 Å². The Morgan fingerprint density at radius 2 is 1.79 bits per heavy atom. The van der Waals surface area contributed by atoms with Gasteiger partial charge in [-0.25, -0.2) is 4.79 Å². The Labute approximate surface area is 179 Å². The Bertz CT molecular complexity index is 1190. The highest BCUT2D eigenvalue weighted by Gasteiger charge is 2.12. The van der Waals surface area contributed by atoms with Crippen molar-refractivity contribution in [3.05, 3.63) is 89.7 Å². The molecular weight excluding hydrogens is 454 g/mol. The Balaban J connectivity index is 2.08. The fourth-order valence-corrected chi connectivity index (χ4v) is 3.94. The van der Waals surface area contributed by atoms with Gasteiger partial charge in [-0.2, -0.15) is 0 Å². The maximum atomic E-state index is 13.0. The number of ether oxygens (including phenoxy) is 1. The molecule has 0 atom stereocenters. The van der Waals surface area contributed by atoms with Crippen LogP contribution in [0.4, 0.5) is 0 Å². The molecule has 1 heterocycles. The van der Waals surface area contributed by atoms with Crippen molar-refractivity contribution in [2.45, 2.75) is 13.5 Å². The average Bonchev–Trinajstić information content (AvgIpc) is 2.99. The molecule has 5 nitrogen and oxygen atoms in total. The van der Waals surface area contributed by atoms with Gasteiger partial charge in [0.1, 0.15) is 4.66 Å². The molecule has 3 rings (SSSR count). The predicted molar refractivity (Wildman–Crippen MR) is 117 cm³/mol. The predicted octanol–water partition coefficient (Wildman–Crippen LogP) is 2.73. The smallest absolute Gasteiger partial charge is 0.333 e. The van der Waals surface area contributed by atoms with Crippen LogP contribution < -0.4 is 14.8 Å². The van der Waals surface area contributed by atoms with Crippen molar-refractivity contribution in [1.29, 1.82) is 0 Å². The van der Waals surface area contributed by atoms with Gasteiger partial charge in [-0.05, 0) is 30.7 Å². The van der Waals surface area contributed by atoms with E-state index in [9.17, 15) is 14.4 Å². The normalized spacial score (nSPS) is 12.2. The molecule has 0 amide bonds. The van der Waals surface area contributed by atoms with Crippen molar-refractivity contribution in [2.24, 2.45) is 0 Å². The number of aromatic nitrogens is 1. The number of hydrogen-bond acceptors (Lipinski definition) is 5. The van der Waals surface area contributed by atoms with Crippen molar-refractivity contribution in [3.8, 4) is 0 Å². The highest BCUT2D eigenvalue weighted by molar-refractivity contribution is 9.10. The van der Waals surface area contributed by atoms with Gasteiger partial charge >= 0.3 is 5.97 Å². The molecule has 0 aliphatic heterocycles. The molecule has 0 spiro atoms. The highest BCUT2D eigenvalue weighted by atomic mass is 79.9. The number of halogens is 1. The third-order valence-electron chi connectivity index (χ3n) is 4.03. The zero-order valence-electron chi connectivity index (χ0n) is 15.6. The molecule has 1 aromatic heterocycles. The summed E-state index contributed by atoms with van der Waals surface area (Å²) in [7, 11) is 0. The summed E-state index contributed by atoms with van der Waals surface area (Å²) in [5.74, 6) is -0.760. The maximum absolute atomic E-state index is 13.0. The van der Waals surface area contributed by atoms with Gasteiger partial charge in [0.2, 0.25) is 0 Å². The summed E-state index contributed by atoms with van der Waals surface area (Å²) in [6, 6.07) is 16.2. The largest absolute Gasteiger partial charge is 0.463 e. The van der Waals surface area contributed by atoms with Gasteiger partial charge in [-0.1, -0.05) is 58.4 Å². The van der Waals surface area contributed by atoms with Gasteiger partial charge in [0.05, 0.1) is 23.8 Å². The Morgan fingerprint density at radius 1 is 1.10 bits per heavy atom. The minimum absolute atomic E-state index is 0.154. The number of rotatable bonds is 6. The van der Waals surface area contributed by atoms with Crippen LogP contribution >= 0.6 is 27.3 Å². The molecule has 0 bridgehead atoms. The molecule has 29 heavy (non-hydrogen) atoms. The molecular formula is C22H18BrNO4S. The fourth-order valence-electron chi connectivity index (χ4n) is 2.65. The standard InChI is InChI=1S/C22H18BrNO4S/c1-2-28-21(26)13-20-24(14-18(25)16-6-4-3-5-7-16)22(27)19(29-20)12-15-8-10-17(23)11-9-15/h3-13H,2,14H2,1H3/b19-12+,20-13-. The second-order valence-corrected chi connectivity index (χ2v) is 8.06. The lowest BCUT2D eigenvalue weighted by Crippen LogP contribution is -2.34. The van der Waals surface area contributed by atoms with Crippen LogP contribution in [0.2, 0.25) is 0 Å². The van der Waals surface area contributed by atoms with E-state index in [0.29, 0.717) is 14.8 Å². The van der Waals surface area contributed by atoms with E-state index < -0.39 is 5.97 Å². The maximum Gasteiger partial charge on any atom is 0.333 e. The van der Waals surface area contributed by atoms with E-state index in [1.54, 1.807) is 37.3 Å². The van der Waals surface area contributed by atoms with Crippen LogP contribution in [-0.4, -0.2) is 22.9 Å². The molecule has 0 unspecified atom stereocenters. The van der Waals surface area contributed by atoms with E-state index in [1.165, 1.54) is 10.6 Å². The van der Waals surface area contributed by atoms with Crippen molar-refractivity contribution >= 4 is 51.2 Å². The SMILES string of the molecule is CCOC(=O)/C=c1\s/c(=C/c2ccc(Br)cc2)c(=O)n1CC(=O)c1ccccc1. The van der Waals surface area contributed by atoms with Crippen molar-refractivity contribution in [1.82, 2.24) is 4.57 Å². The molecule has 0 radical (unpaired) electrons. The summed E-state index contributed by atoms with van der Waals surface area (Å²) in [6.07, 6.45) is 3.00. The Hall–Kier alpha value is -2.77. The number of carbonyl (C=O) groups is 2. The molecule has 148 valence electrons. The van der Waals surface area contributed by atoms with Gasteiger partial charge in [0, 0.05) is 10.0 Å². The minimum atomic E-state index is -0.551. The first-order valence-electron chi connectivity index (χ1n) is 8.91. The number of carbonyl (C=O) groups excluding carboxylic acids is 2. The summed E-state index contributed by atoms with van der Waals surface area (Å²) < 4.78 is 8.03. The van der Waals surface area contributed by atoms with Crippen LogP contribution in [0.3, 0.4) is 0 Å². The van der Waals surface area contributed by atoms with Crippen molar-refractivity contribution in [3.63, 3.8) is 0 Å². The number of thiazole rings is 1. The van der Waals surface area contributed by atoms with E-state index >= 15 is 0 Å². The van der Waals surface area contributed by atoms with Crippen molar-refractivity contribution in [2.75, 3.05) is 6.61 Å². The summed E-state index contributed by atoms with van der Waals surface area (Å²) in [5, 5.41) is 0. The topological polar surface area (TPSA) is 65.4 Å². The lowest BCUT2D eigenvalue weighted by Gasteiger charge is -2.02. The Kier molecular flexibility index (Phi) is 6.95. The summed E-state index contributed by atoms with van der Waals surface area (Å²) in [4.78, 5) is 37.6.